The fourth-order valence-corrected chi connectivity index (χ4v) is 0.572. The van der Waals surface area contributed by atoms with Gasteiger partial charge >= 0.3 is 0 Å². The minimum absolute atomic E-state index is 0.236. The maximum atomic E-state index is 5.54. The van der Waals surface area contributed by atoms with Gasteiger partial charge in [-0.2, -0.15) is 0 Å². The van der Waals surface area contributed by atoms with Crippen LogP contribution in [-0.4, -0.2) is 24.2 Å². The van der Waals surface area contributed by atoms with Crippen molar-refractivity contribution < 1.29 is 0 Å². The highest BCUT2D eigenvalue weighted by Crippen LogP contribution is 2.07. The molecular formula is C5H11N2. The van der Waals surface area contributed by atoms with Gasteiger partial charge in [-0.1, -0.05) is 6.92 Å². The van der Waals surface area contributed by atoms with Gasteiger partial charge in [0.2, 0.25) is 0 Å². The van der Waals surface area contributed by atoms with E-state index in [-0.39, 0.29) is 6.17 Å². The largest absolute Gasteiger partial charge is 0.316 e. The lowest BCUT2D eigenvalue weighted by molar-refractivity contribution is 0.412. The molecule has 0 saturated carbocycles. The predicted octanol–water partition coefficient (Wildman–Crippen LogP) is -0.189. The van der Waals surface area contributed by atoms with E-state index >= 15 is 0 Å². The Labute approximate surface area is 44.3 Å². The van der Waals surface area contributed by atoms with Crippen LogP contribution in [0.4, 0.5) is 0 Å². The quantitative estimate of drug-likeness (QED) is 0.486. The van der Waals surface area contributed by atoms with E-state index in [1.54, 1.807) is 0 Å². The van der Waals surface area contributed by atoms with Gasteiger partial charge in [-0.15, -0.1) is 0 Å². The smallest absolute Gasteiger partial charge is 0.0572 e. The molecule has 1 heterocycles. The van der Waals surface area contributed by atoms with E-state index in [0.29, 0.717) is 0 Å². The van der Waals surface area contributed by atoms with Crippen molar-refractivity contribution in [2.75, 3.05) is 13.1 Å². The second kappa shape index (κ2) is 1.80. The first-order valence-electron chi connectivity index (χ1n) is 2.63. The minimum Gasteiger partial charge on any atom is -0.316 e. The Bertz CT molecular complexity index is 59.1. The molecule has 7 heavy (non-hydrogen) atoms. The molecule has 1 rings (SSSR count). The fraction of sp³-hybridized carbons (Fsp3) is 0.800. The summed E-state index contributed by atoms with van der Waals surface area (Å²) in [5.74, 6) is 0. The highest BCUT2D eigenvalue weighted by Gasteiger charge is 2.22. The standard InChI is InChI=1S/C5H11N2/c1-2-5(6)7-3-4-7/h5H,1-4,6H2. The zero-order valence-corrected chi connectivity index (χ0v) is 4.43. The molecule has 1 saturated heterocycles. The lowest BCUT2D eigenvalue weighted by Crippen LogP contribution is -2.27. The van der Waals surface area contributed by atoms with Gasteiger partial charge < -0.3 is 5.73 Å². The molecule has 1 aliphatic rings. The topological polar surface area (TPSA) is 29.0 Å². The second-order valence-corrected chi connectivity index (χ2v) is 1.89. The molecule has 0 aromatic carbocycles. The molecular weight excluding hydrogens is 88.1 g/mol. The van der Waals surface area contributed by atoms with Gasteiger partial charge in [-0.3, -0.25) is 4.90 Å². The molecule has 0 bridgehead atoms. The maximum absolute atomic E-state index is 5.54. The molecule has 0 aliphatic carbocycles. The van der Waals surface area contributed by atoms with Crippen molar-refractivity contribution in [3.63, 3.8) is 0 Å². The molecule has 0 amide bonds. The first kappa shape index (κ1) is 5.06. The van der Waals surface area contributed by atoms with Crippen LogP contribution in [0.25, 0.3) is 0 Å². The maximum Gasteiger partial charge on any atom is 0.0572 e. The van der Waals surface area contributed by atoms with Crippen LogP contribution >= 0.6 is 0 Å². The Hall–Kier alpha value is -0.0800. The van der Waals surface area contributed by atoms with E-state index in [4.69, 9.17) is 5.73 Å². The van der Waals surface area contributed by atoms with E-state index < -0.39 is 0 Å². The van der Waals surface area contributed by atoms with Crippen LogP contribution in [0, 0.1) is 6.92 Å². The molecule has 41 valence electrons. The van der Waals surface area contributed by atoms with Gasteiger partial charge in [0.15, 0.2) is 0 Å². The van der Waals surface area contributed by atoms with E-state index in [2.05, 4.69) is 11.8 Å². The van der Waals surface area contributed by atoms with E-state index in [1.165, 1.54) is 13.1 Å². The van der Waals surface area contributed by atoms with Gasteiger partial charge in [-0.25, -0.2) is 0 Å². The van der Waals surface area contributed by atoms with Crippen LogP contribution in [0.5, 0.6) is 0 Å². The molecule has 1 radical (unpaired) electrons. The summed E-state index contributed by atoms with van der Waals surface area (Å²) in [4.78, 5) is 2.19. The summed E-state index contributed by atoms with van der Waals surface area (Å²) in [6, 6.07) is 0. The van der Waals surface area contributed by atoms with Crippen LogP contribution in [0.2, 0.25) is 0 Å². The van der Waals surface area contributed by atoms with E-state index in [1.807, 2.05) is 0 Å². The highest BCUT2D eigenvalue weighted by atomic mass is 15.3. The number of hydrogen-bond acceptors (Lipinski definition) is 2. The zero-order valence-electron chi connectivity index (χ0n) is 4.43. The van der Waals surface area contributed by atoms with Crippen molar-refractivity contribution in [1.29, 1.82) is 0 Å². The Kier molecular flexibility index (Phi) is 1.30. The van der Waals surface area contributed by atoms with E-state index in [9.17, 15) is 0 Å². The normalized spacial score (nSPS) is 24.9. The summed E-state index contributed by atoms with van der Waals surface area (Å²) in [6.45, 7) is 6.03. The second-order valence-electron chi connectivity index (χ2n) is 1.89. The van der Waals surface area contributed by atoms with Gasteiger partial charge in [0.05, 0.1) is 6.17 Å². The molecule has 2 N–H and O–H groups in total. The molecule has 2 nitrogen and oxygen atoms in total. The molecule has 0 aromatic rings. The van der Waals surface area contributed by atoms with Gasteiger partial charge in [-0.05, 0) is 6.42 Å². The third kappa shape index (κ3) is 1.14. The highest BCUT2D eigenvalue weighted by molar-refractivity contribution is 4.78. The van der Waals surface area contributed by atoms with Gasteiger partial charge in [0.25, 0.3) is 0 Å². The third-order valence-corrected chi connectivity index (χ3v) is 1.25. The fourth-order valence-electron chi connectivity index (χ4n) is 0.572. The minimum atomic E-state index is 0.236. The SMILES string of the molecule is [CH2]CC(N)N1CC1. The van der Waals surface area contributed by atoms with Crippen molar-refractivity contribution in [3.8, 4) is 0 Å². The summed E-state index contributed by atoms with van der Waals surface area (Å²) in [6.07, 6.45) is 1.07. The Morgan fingerprint density at radius 3 is 2.43 bits per heavy atom. The number of nitrogens with two attached hydrogens (primary N) is 1. The molecule has 1 unspecified atom stereocenters. The number of hydrogen-bond donors (Lipinski definition) is 1. The van der Waals surface area contributed by atoms with Crippen molar-refractivity contribution >= 4 is 0 Å². The summed E-state index contributed by atoms with van der Waals surface area (Å²) < 4.78 is 0. The lowest BCUT2D eigenvalue weighted by Gasteiger charge is -2.06. The molecule has 2 heteroatoms. The zero-order chi connectivity index (χ0) is 5.28. The molecule has 1 fully saturated rings. The summed E-state index contributed by atoms with van der Waals surface area (Å²) in [5.41, 5.74) is 5.54. The van der Waals surface area contributed by atoms with Crippen LogP contribution in [0.3, 0.4) is 0 Å². The van der Waals surface area contributed by atoms with Crippen molar-refractivity contribution in [1.82, 2.24) is 4.90 Å². The first-order chi connectivity index (χ1) is 3.34. The Morgan fingerprint density at radius 1 is 1.71 bits per heavy atom. The van der Waals surface area contributed by atoms with Crippen molar-refractivity contribution in [2.24, 2.45) is 5.73 Å². The van der Waals surface area contributed by atoms with Gasteiger partial charge in [0.1, 0.15) is 0 Å². The third-order valence-electron chi connectivity index (χ3n) is 1.25. The average molecular weight is 99.2 g/mol. The first-order valence-corrected chi connectivity index (χ1v) is 2.63. The lowest BCUT2D eigenvalue weighted by atomic mass is 10.4. The van der Waals surface area contributed by atoms with Crippen LogP contribution in [-0.2, 0) is 0 Å². The van der Waals surface area contributed by atoms with Crippen LogP contribution in [0.15, 0.2) is 0 Å². The van der Waals surface area contributed by atoms with Crippen LogP contribution in [0.1, 0.15) is 6.42 Å². The summed E-state index contributed by atoms with van der Waals surface area (Å²) in [5, 5.41) is 0. The van der Waals surface area contributed by atoms with Crippen molar-refractivity contribution in [2.45, 2.75) is 12.6 Å². The molecule has 1 atom stereocenters. The molecule has 1 aliphatic heterocycles. The van der Waals surface area contributed by atoms with Crippen LogP contribution < -0.4 is 5.73 Å². The van der Waals surface area contributed by atoms with E-state index in [0.717, 1.165) is 6.42 Å². The van der Waals surface area contributed by atoms with Gasteiger partial charge in [0, 0.05) is 13.1 Å². The summed E-state index contributed by atoms with van der Waals surface area (Å²) in [7, 11) is 0. The Morgan fingerprint density at radius 2 is 2.29 bits per heavy atom. The van der Waals surface area contributed by atoms with Crippen molar-refractivity contribution in [3.05, 3.63) is 6.92 Å². The number of rotatable bonds is 2. The molecule has 0 spiro atoms. The number of nitrogens with zero attached hydrogens (tertiary/aromatic N) is 1. The summed E-state index contributed by atoms with van der Waals surface area (Å²) >= 11 is 0. The molecule has 0 aromatic heterocycles. The Balaban J connectivity index is 2.10. The average Bonchev–Trinajstić information content (AvgIpc) is 2.44. The monoisotopic (exact) mass is 99.1 g/mol. The predicted molar refractivity (Wildman–Crippen MR) is 29.5 cm³/mol.